The van der Waals surface area contributed by atoms with Crippen molar-refractivity contribution in [1.29, 1.82) is 0 Å². The van der Waals surface area contributed by atoms with Crippen LogP contribution in [0.5, 0.6) is 0 Å². The summed E-state index contributed by atoms with van der Waals surface area (Å²) in [7, 11) is 2.70. The van der Waals surface area contributed by atoms with Crippen molar-refractivity contribution in [3.8, 4) is 0 Å². The highest BCUT2D eigenvalue weighted by Gasteiger charge is 2.16. The minimum atomic E-state index is -0.956. The predicted octanol–water partition coefficient (Wildman–Crippen LogP) is 0.770. The lowest BCUT2D eigenvalue weighted by Crippen LogP contribution is -2.26. The van der Waals surface area contributed by atoms with E-state index in [-0.39, 0.29) is 18.5 Å². The van der Waals surface area contributed by atoms with E-state index in [1.54, 1.807) is 12.1 Å². The fourth-order valence-electron chi connectivity index (χ4n) is 1.46. The first-order valence-corrected chi connectivity index (χ1v) is 5.60. The second-order valence-corrected chi connectivity index (χ2v) is 3.73. The number of methoxy groups -OCH3 is 2. The standard InChI is InChI=1S/C12H16N2O5/c1-18-8(6-10(15)16)7-14-11-9(12(17)19-2)4-3-5-13-11/h3-5,8H,6-7H2,1-2H3,(H,13,14)(H,15,16). The second kappa shape index (κ2) is 7.32. The van der Waals surface area contributed by atoms with Crippen LogP contribution in [0.1, 0.15) is 16.8 Å². The molecule has 2 N–H and O–H groups in total. The van der Waals surface area contributed by atoms with Gasteiger partial charge in [0.15, 0.2) is 0 Å². The van der Waals surface area contributed by atoms with Gasteiger partial charge >= 0.3 is 11.9 Å². The lowest BCUT2D eigenvalue weighted by molar-refractivity contribution is -0.139. The number of carbonyl (C=O) groups excluding carboxylic acids is 1. The number of carbonyl (C=O) groups is 2. The molecule has 1 heterocycles. The van der Waals surface area contributed by atoms with E-state index in [1.165, 1.54) is 20.4 Å². The van der Waals surface area contributed by atoms with E-state index in [1.807, 2.05) is 0 Å². The Kier molecular flexibility index (Phi) is 5.74. The molecule has 0 amide bonds. The SMILES string of the molecule is COC(=O)c1cccnc1NCC(CC(=O)O)OC. The van der Waals surface area contributed by atoms with Crippen molar-refractivity contribution >= 4 is 17.8 Å². The van der Waals surface area contributed by atoms with Crippen molar-refractivity contribution in [3.63, 3.8) is 0 Å². The summed E-state index contributed by atoms with van der Waals surface area (Å²) in [5, 5.41) is 11.6. The maximum absolute atomic E-state index is 11.5. The van der Waals surface area contributed by atoms with Gasteiger partial charge in [-0.3, -0.25) is 4.79 Å². The molecule has 0 saturated carbocycles. The van der Waals surface area contributed by atoms with Crippen LogP contribution >= 0.6 is 0 Å². The third-order valence-corrected chi connectivity index (χ3v) is 2.45. The van der Waals surface area contributed by atoms with Crippen LogP contribution < -0.4 is 5.32 Å². The van der Waals surface area contributed by atoms with Gasteiger partial charge in [-0.2, -0.15) is 0 Å². The quantitative estimate of drug-likeness (QED) is 0.705. The molecule has 7 nitrogen and oxygen atoms in total. The third-order valence-electron chi connectivity index (χ3n) is 2.45. The van der Waals surface area contributed by atoms with Crippen molar-refractivity contribution < 1.29 is 24.2 Å². The molecule has 104 valence electrons. The first kappa shape index (κ1) is 14.9. The van der Waals surface area contributed by atoms with Gasteiger partial charge in [-0.1, -0.05) is 0 Å². The Morgan fingerprint density at radius 1 is 1.47 bits per heavy atom. The smallest absolute Gasteiger partial charge is 0.341 e. The van der Waals surface area contributed by atoms with Crippen molar-refractivity contribution in [2.75, 3.05) is 26.1 Å². The Labute approximate surface area is 110 Å². The summed E-state index contributed by atoms with van der Waals surface area (Å²) in [6.07, 6.45) is 0.877. The number of pyridine rings is 1. The molecule has 1 atom stereocenters. The fraction of sp³-hybridized carbons (Fsp3) is 0.417. The van der Waals surface area contributed by atoms with Crippen LogP contribution in [0.2, 0.25) is 0 Å². The van der Waals surface area contributed by atoms with E-state index in [0.29, 0.717) is 5.82 Å². The molecule has 0 aromatic carbocycles. The number of nitrogens with one attached hydrogen (secondary N) is 1. The van der Waals surface area contributed by atoms with Crippen molar-refractivity contribution in [2.24, 2.45) is 0 Å². The summed E-state index contributed by atoms with van der Waals surface area (Å²) in [5.74, 6) is -1.13. The molecular formula is C12H16N2O5. The van der Waals surface area contributed by atoms with Crippen LogP contribution in [-0.2, 0) is 14.3 Å². The van der Waals surface area contributed by atoms with Crippen LogP contribution in [0.25, 0.3) is 0 Å². The largest absolute Gasteiger partial charge is 0.481 e. The molecule has 1 aromatic rings. The average Bonchev–Trinajstić information content (AvgIpc) is 2.42. The molecule has 7 heteroatoms. The van der Waals surface area contributed by atoms with Crippen molar-refractivity contribution in [1.82, 2.24) is 4.98 Å². The zero-order valence-corrected chi connectivity index (χ0v) is 10.8. The number of esters is 1. The number of nitrogens with zero attached hydrogens (tertiary/aromatic N) is 1. The molecule has 0 spiro atoms. The third kappa shape index (κ3) is 4.55. The second-order valence-electron chi connectivity index (χ2n) is 3.73. The first-order chi connectivity index (χ1) is 9.08. The number of carboxylic acid groups (broad SMARTS) is 1. The number of carboxylic acids is 1. The molecule has 0 fully saturated rings. The van der Waals surface area contributed by atoms with Gasteiger partial charge in [-0.15, -0.1) is 0 Å². The molecule has 0 bridgehead atoms. The molecular weight excluding hydrogens is 252 g/mol. The zero-order chi connectivity index (χ0) is 14.3. The van der Waals surface area contributed by atoms with Crippen LogP contribution in [0.3, 0.4) is 0 Å². The van der Waals surface area contributed by atoms with Gasteiger partial charge in [0.25, 0.3) is 0 Å². The van der Waals surface area contributed by atoms with Gasteiger partial charge in [-0.05, 0) is 12.1 Å². The Balaban J connectivity index is 2.71. The maximum atomic E-state index is 11.5. The summed E-state index contributed by atoms with van der Waals surface area (Å²) in [6, 6.07) is 3.18. The molecule has 0 radical (unpaired) electrons. The number of anilines is 1. The summed E-state index contributed by atoms with van der Waals surface area (Å²) in [4.78, 5) is 26.1. The minimum absolute atomic E-state index is 0.135. The summed E-state index contributed by atoms with van der Waals surface area (Å²) in [6.45, 7) is 0.226. The lowest BCUT2D eigenvalue weighted by atomic mass is 10.2. The number of hydrogen-bond donors (Lipinski definition) is 2. The van der Waals surface area contributed by atoms with Crippen LogP contribution in [0, 0.1) is 0 Å². The zero-order valence-electron chi connectivity index (χ0n) is 10.8. The number of hydrogen-bond acceptors (Lipinski definition) is 6. The normalized spacial score (nSPS) is 11.7. The van der Waals surface area contributed by atoms with Gasteiger partial charge in [-0.25, -0.2) is 9.78 Å². The van der Waals surface area contributed by atoms with E-state index in [0.717, 1.165) is 0 Å². The Bertz CT molecular complexity index is 450. The van der Waals surface area contributed by atoms with Crippen molar-refractivity contribution in [2.45, 2.75) is 12.5 Å². The Hall–Kier alpha value is -2.15. The number of rotatable bonds is 7. The van der Waals surface area contributed by atoms with Gasteiger partial charge < -0.3 is 19.9 Å². The molecule has 0 aliphatic rings. The highest BCUT2D eigenvalue weighted by atomic mass is 16.5. The topological polar surface area (TPSA) is 97.8 Å². The lowest BCUT2D eigenvalue weighted by Gasteiger charge is -2.15. The summed E-state index contributed by atoms with van der Waals surface area (Å²) >= 11 is 0. The van der Waals surface area contributed by atoms with Gasteiger partial charge in [0, 0.05) is 19.9 Å². The molecule has 1 unspecified atom stereocenters. The highest BCUT2D eigenvalue weighted by Crippen LogP contribution is 2.13. The van der Waals surface area contributed by atoms with Gasteiger partial charge in [0.2, 0.25) is 0 Å². The van der Waals surface area contributed by atoms with E-state index in [9.17, 15) is 9.59 Å². The number of ether oxygens (including phenoxy) is 2. The average molecular weight is 268 g/mol. The minimum Gasteiger partial charge on any atom is -0.481 e. The molecule has 0 aliphatic carbocycles. The molecule has 19 heavy (non-hydrogen) atoms. The number of aromatic nitrogens is 1. The van der Waals surface area contributed by atoms with Crippen LogP contribution in [-0.4, -0.2) is 48.9 Å². The molecule has 1 rings (SSSR count). The highest BCUT2D eigenvalue weighted by molar-refractivity contribution is 5.94. The van der Waals surface area contributed by atoms with E-state index in [4.69, 9.17) is 9.84 Å². The van der Waals surface area contributed by atoms with Crippen molar-refractivity contribution in [3.05, 3.63) is 23.9 Å². The molecule has 1 aromatic heterocycles. The van der Waals surface area contributed by atoms with E-state index >= 15 is 0 Å². The Morgan fingerprint density at radius 3 is 2.79 bits per heavy atom. The molecule has 0 saturated heterocycles. The van der Waals surface area contributed by atoms with Gasteiger partial charge in [0.1, 0.15) is 11.4 Å². The molecule has 0 aliphatic heterocycles. The monoisotopic (exact) mass is 268 g/mol. The van der Waals surface area contributed by atoms with Gasteiger partial charge in [0.05, 0.1) is 19.6 Å². The maximum Gasteiger partial charge on any atom is 0.341 e. The summed E-state index contributed by atoms with van der Waals surface area (Å²) < 4.78 is 9.65. The fourth-order valence-corrected chi connectivity index (χ4v) is 1.46. The van der Waals surface area contributed by atoms with E-state index in [2.05, 4.69) is 15.0 Å². The first-order valence-electron chi connectivity index (χ1n) is 5.60. The Morgan fingerprint density at radius 2 is 2.21 bits per heavy atom. The number of aliphatic carboxylic acids is 1. The van der Waals surface area contributed by atoms with E-state index < -0.39 is 18.0 Å². The summed E-state index contributed by atoms with van der Waals surface area (Å²) in [5.41, 5.74) is 0.287. The van der Waals surface area contributed by atoms with Crippen LogP contribution in [0.4, 0.5) is 5.82 Å². The van der Waals surface area contributed by atoms with Crippen LogP contribution in [0.15, 0.2) is 18.3 Å². The predicted molar refractivity (Wildman–Crippen MR) is 67.1 cm³/mol.